The van der Waals surface area contributed by atoms with Crippen LogP contribution in [0, 0.1) is 12.8 Å². The summed E-state index contributed by atoms with van der Waals surface area (Å²) in [4.78, 5) is 30.7. The van der Waals surface area contributed by atoms with Crippen LogP contribution in [-0.4, -0.2) is 61.5 Å². The standard InChI is InChI=1S/C16H22N6O3S/c1-3-17-16-18-10(2)13(26-16)14(23)21-6-4-5-11(7-21)8-22-9-12(15(24)25)19-20-22/h9,11H,3-8H2,1-2H3,(H,17,18)(H,24,25)/t11-/m0/s1. The summed E-state index contributed by atoms with van der Waals surface area (Å²) in [6, 6.07) is 0. The average molecular weight is 378 g/mol. The Balaban J connectivity index is 1.65. The van der Waals surface area contributed by atoms with Crippen molar-refractivity contribution in [3.05, 3.63) is 22.5 Å². The summed E-state index contributed by atoms with van der Waals surface area (Å²) in [5.74, 6) is -0.856. The Labute approximate surface area is 155 Å². The highest BCUT2D eigenvalue weighted by molar-refractivity contribution is 7.17. The predicted molar refractivity (Wildman–Crippen MR) is 96.6 cm³/mol. The summed E-state index contributed by atoms with van der Waals surface area (Å²) in [7, 11) is 0. The number of anilines is 1. The number of nitrogens with zero attached hydrogens (tertiary/aromatic N) is 5. The monoisotopic (exact) mass is 378 g/mol. The molecule has 1 amide bonds. The number of amides is 1. The maximum Gasteiger partial charge on any atom is 0.358 e. The van der Waals surface area contributed by atoms with Crippen LogP contribution in [0.15, 0.2) is 6.20 Å². The molecule has 1 aliphatic heterocycles. The van der Waals surface area contributed by atoms with Gasteiger partial charge < -0.3 is 15.3 Å². The van der Waals surface area contributed by atoms with Gasteiger partial charge in [-0.1, -0.05) is 16.6 Å². The fraction of sp³-hybridized carbons (Fsp3) is 0.562. The zero-order valence-electron chi connectivity index (χ0n) is 14.8. The number of aromatic nitrogens is 4. The highest BCUT2D eigenvalue weighted by atomic mass is 32.1. The smallest absolute Gasteiger partial charge is 0.358 e. The van der Waals surface area contributed by atoms with Crippen molar-refractivity contribution in [1.29, 1.82) is 0 Å². The van der Waals surface area contributed by atoms with Gasteiger partial charge in [0.05, 0.1) is 11.9 Å². The van der Waals surface area contributed by atoms with E-state index >= 15 is 0 Å². The summed E-state index contributed by atoms with van der Waals surface area (Å²) < 4.78 is 1.54. The second kappa shape index (κ2) is 7.81. The second-order valence-corrected chi connectivity index (χ2v) is 7.35. The van der Waals surface area contributed by atoms with E-state index in [1.807, 2.05) is 18.7 Å². The lowest BCUT2D eigenvalue weighted by atomic mass is 9.98. The molecule has 3 rings (SSSR count). The van der Waals surface area contributed by atoms with Gasteiger partial charge in [0, 0.05) is 26.2 Å². The quantitative estimate of drug-likeness (QED) is 0.787. The number of piperidine rings is 1. The molecule has 10 heteroatoms. The van der Waals surface area contributed by atoms with Gasteiger partial charge in [-0.25, -0.2) is 9.78 Å². The molecule has 140 valence electrons. The fourth-order valence-corrected chi connectivity index (χ4v) is 4.12. The Morgan fingerprint density at radius 2 is 2.27 bits per heavy atom. The van der Waals surface area contributed by atoms with Crippen molar-refractivity contribution in [3.63, 3.8) is 0 Å². The number of likely N-dealkylation sites (tertiary alicyclic amines) is 1. The molecule has 0 aromatic carbocycles. The number of carbonyl (C=O) groups is 2. The van der Waals surface area contributed by atoms with E-state index in [1.165, 1.54) is 17.5 Å². The van der Waals surface area contributed by atoms with E-state index in [1.54, 1.807) is 4.68 Å². The maximum absolute atomic E-state index is 12.9. The number of carbonyl (C=O) groups excluding carboxylic acids is 1. The van der Waals surface area contributed by atoms with Gasteiger partial charge in [-0.2, -0.15) is 0 Å². The van der Waals surface area contributed by atoms with Crippen LogP contribution in [0.4, 0.5) is 5.13 Å². The number of rotatable bonds is 6. The Morgan fingerprint density at radius 3 is 2.96 bits per heavy atom. The van der Waals surface area contributed by atoms with Crippen molar-refractivity contribution >= 4 is 28.3 Å². The maximum atomic E-state index is 12.9. The Bertz CT molecular complexity index is 802. The summed E-state index contributed by atoms with van der Waals surface area (Å²) in [5, 5.41) is 20.3. The fourth-order valence-electron chi connectivity index (χ4n) is 3.11. The summed E-state index contributed by atoms with van der Waals surface area (Å²) in [6.45, 7) is 6.51. The lowest BCUT2D eigenvalue weighted by molar-refractivity contribution is 0.0662. The predicted octanol–water partition coefficient (Wildman–Crippen LogP) is 1.73. The summed E-state index contributed by atoms with van der Waals surface area (Å²) in [6.07, 6.45) is 3.31. The minimum absolute atomic E-state index is 0.0127. The molecule has 1 atom stereocenters. The number of aryl methyl sites for hydroxylation is 1. The van der Waals surface area contributed by atoms with Crippen LogP contribution in [0.25, 0.3) is 0 Å². The third-order valence-corrected chi connectivity index (χ3v) is 5.43. The normalized spacial score (nSPS) is 17.3. The van der Waals surface area contributed by atoms with Crippen LogP contribution in [0.1, 0.15) is 45.6 Å². The summed E-state index contributed by atoms with van der Waals surface area (Å²) in [5.41, 5.74) is 0.686. The van der Waals surface area contributed by atoms with E-state index in [9.17, 15) is 9.59 Å². The van der Waals surface area contributed by atoms with E-state index in [2.05, 4.69) is 20.6 Å². The zero-order chi connectivity index (χ0) is 18.7. The van der Waals surface area contributed by atoms with Gasteiger partial charge in [0.25, 0.3) is 5.91 Å². The molecule has 0 unspecified atom stereocenters. The highest BCUT2D eigenvalue weighted by Gasteiger charge is 2.27. The highest BCUT2D eigenvalue weighted by Crippen LogP contribution is 2.26. The molecule has 26 heavy (non-hydrogen) atoms. The third kappa shape index (κ3) is 4.01. The first-order chi connectivity index (χ1) is 12.5. The molecule has 0 radical (unpaired) electrons. The van der Waals surface area contributed by atoms with Crippen molar-refractivity contribution in [3.8, 4) is 0 Å². The molecule has 0 bridgehead atoms. The van der Waals surface area contributed by atoms with E-state index in [4.69, 9.17) is 5.11 Å². The zero-order valence-corrected chi connectivity index (χ0v) is 15.6. The molecule has 2 aromatic rings. The lowest BCUT2D eigenvalue weighted by Crippen LogP contribution is -2.41. The first-order valence-corrected chi connectivity index (χ1v) is 9.43. The van der Waals surface area contributed by atoms with Gasteiger partial charge >= 0.3 is 5.97 Å². The molecule has 2 aromatic heterocycles. The third-order valence-electron chi connectivity index (χ3n) is 4.33. The van der Waals surface area contributed by atoms with Crippen LogP contribution < -0.4 is 5.32 Å². The molecule has 0 aliphatic carbocycles. The molecule has 9 nitrogen and oxygen atoms in total. The van der Waals surface area contributed by atoms with Crippen LogP contribution in [0.2, 0.25) is 0 Å². The van der Waals surface area contributed by atoms with Crippen molar-refractivity contribution in [2.45, 2.75) is 33.2 Å². The number of aromatic carboxylic acids is 1. The minimum atomic E-state index is -1.09. The Hall–Kier alpha value is -2.49. The molecule has 0 saturated carbocycles. The molecule has 1 saturated heterocycles. The topological polar surface area (TPSA) is 113 Å². The Kier molecular flexibility index (Phi) is 5.50. The molecule has 1 aliphatic rings. The van der Waals surface area contributed by atoms with E-state index in [-0.39, 0.29) is 17.5 Å². The van der Waals surface area contributed by atoms with Crippen LogP contribution >= 0.6 is 11.3 Å². The summed E-state index contributed by atoms with van der Waals surface area (Å²) >= 11 is 1.39. The number of carboxylic acid groups (broad SMARTS) is 1. The van der Waals surface area contributed by atoms with Crippen molar-refractivity contribution in [2.75, 3.05) is 25.0 Å². The van der Waals surface area contributed by atoms with E-state index in [0.29, 0.717) is 18.0 Å². The Morgan fingerprint density at radius 1 is 1.46 bits per heavy atom. The number of carboxylic acids is 1. The molecule has 0 spiro atoms. The number of hydrogen-bond donors (Lipinski definition) is 2. The first kappa shape index (κ1) is 18.3. The lowest BCUT2D eigenvalue weighted by Gasteiger charge is -2.32. The van der Waals surface area contributed by atoms with Crippen LogP contribution in [-0.2, 0) is 6.54 Å². The molecule has 1 fully saturated rings. The van der Waals surface area contributed by atoms with Crippen molar-refractivity contribution in [1.82, 2.24) is 24.9 Å². The molecule has 2 N–H and O–H groups in total. The average Bonchev–Trinajstić information content (AvgIpc) is 3.22. The SMILES string of the molecule is CCNc1nc(C)c(C(=O)N2CCC[C@H](Cn3cc(C(=O)O)nn3)C2)s1. The van der Waals surface area contributed by atoms with Crippen LogP contribution in [0.3, 0.4) is 0 Å². The number of thiazole rings is 1. The van der Waals surface area contributed by atoms with Gasteiger partial charge in [0.15, 0.2) is 10.8 Å². The van der Waals surface area contributed by atoms with E-state index in [0.717, 1.165) is 36.8 Å². The van der Waals surface area contributed by atoms with Gasteiger partial charge in [0.2, 0.25) is 0 Å². The number of hydrogen-bond acceptors (Lipinski definition) is 7. The van der Waals surface area contributed by atoms with E-state index < -0.39 is 5.97 Å². The van der Waals surface area contributed by atoms with Crippen LogP contribution in [0.5, 0.6) is 0 Å². The molecular formula is C16H22N6O3S. The van der Waals surface area contributed by atoms with Gasteiger partial charge in [0.1, 0.15) is 4.88 Å². The largest absolute Gasteiger partial charge is 0.476 e. The van der Waals surface area contributed by atoms with Gasteiger partial charge in [-0.3, -0.25) is 9.48 Å². The molecule has 3 heterocycles. The molecular weight excluding hydrogens is 356 g/mol. The van der Waals surface area contributed by atoms with Gasteiger partial charge in [-0.05, 0) is 32.6 Å². The van der Waals surface area contributed by atoms with Gasteiger partial charge in [-0.15, -0.1) is 5.10 Å². The number of nitrogens with one attached hydrogen (secondary N) is 1. The van der Waals surface area contributed by atoms with Crippen molar-refractivity contribution < 1.29 is 14.7 Å². The van der Waals surface area contributed by atoms with Crippen molar-refractivity contribution in [2.24, 2.45) is 5.92 Å². The minimum Gasteiger partial charge on any atom is -0.476 e. The second-order valence-electron chi connectivity index (χ2n) is 6.35. The first-order valence-electron chi connectivity index (χ1n) is 8.62.